The van der Waals surface area contributed by atoms with E-state index in [2.05, 4.69) is 9.97 Å². The summed E-state index contributed by atoms with van der Waals surface area (Å²) in [6, 6.07) is 5.17. The molecule has 3 amide bonds. The first kappa shape index (κ1) is 23.6. The lowest BCUT2D eigenvalue weighted by Crippen LogP contribution is -2.56. The highest BCUT2D eigenvalue weighted by atomic mass is 35.5. The van der Waals surface area contributed by atoms with E-state index in [1.54, 1.807) is 27.0 Å². The molecule has 1 aromatic carbocycles. The Kier molecular flexibility index (Phi) is 6.42. The van der Waals surface area contributed by atoms with E-state index in [0.717, 1.165) is 11.1 Å². The van der Waals surface area contributed by atoms with Crippen molar-refractivity contribution >= 4 is 46.8 Å². The lowest BCUT2D eigenvalue weighted by molar-refractivity contribution is 0.0206. The third kappa shape index (κ3) is 4.87. The van der Waals surface area contributed by atoms with Crippen molar-refractivity contribution in [1.29, 1.82) is 0 Å². The van der Waals surface area contributed by atoms with Crippen LogP contribution in [0.3, 0.4) is 0 Å². The molecule has 8 nitrogen and oxygen atoms in total. The van der Waals surface area contributed by atoms with Gasteiger partial charge in [0.05, 0.1) is 17.3 Å². The molecule has 0 aliphatic carbocycles. The number of anilines is 2. The minimum atomic E-state index is -0.559. The van der Waals surface area contributed by atoms with Crippen molar-refractivity contribution in [1.82, 2.24) is 14.9 Å². The van der Waals surface area contributed by atoms with E-state index >= 15 is 0 Å². The van der Waals surface area contributed by atoms with Gasteiger partial charge in [0.25, 0.3) is 0 Å². The summed E-state index contributed by atoms with van der Waals surface area (Å²) >= 11 is 12.6. The molecule has 1 fully saturated rings. The number of hydrogen-bond acceptors (Lipinski definition) is 5. The van der Waals surface area contributed by atoms with Gasteiger partial charge in [-0.15, -0.1) is 0 Å². The molecule has 3 heterocycles. The van der Waals surface area contributed by atoms with Gasteiger partial charge in [-0.1, -0.05) is 23.7 Å². The summed E-state index contributed by atoms with van der Waals surface area (Å²) in [5, 5.41) is 0.585. The Hall–Kier alpha value is -2.58. The highest BCUT2D eigenvalue weighted by Gasteiger charge is 2.40. The molecule has 176 valence electrons. The third-order valence-corrected chi connectivity index (χ3v) is 6.23. The van der Waals surface area contributed by atoms with Crippen LogP contribution in [0, 0.1) is 6.92 Å². The van der Waals surface area contributed by atoms with Gasteiger partial charge in [-0.05, 0) is 63.8 Å². The zero-order valence-corrected chi connectivity index (χ0v) is 20.7. The second-order valence-electron chi connectivity index (χ2n) is 9.33. The van der Waals surface area contributed by atoms with Crippen molar-refractivity contribution in [2.45, 2.75) is 58.7 Å². The largest absolute Gasteiger partial charge is 0.444 e. The summed E-state index contributed by atoms with van der Waals surface area (Å²) in [6.07, 6.45) is 2.48. The number of hydrogen-bond donors (Lipinski definition) is 0. The maximum atomic E-state index is 13.8. The molecule has 2 aliphatic heterocycles. The molecular weight excluding hydrogens is 465 g/mol. The average molecular weight is 492 g/mol. The Labute approximate surface area is 203 Å². The highest BCUT2D eigenvalue weighted by molar-refractivity contribution is 6.34. The van der Waals surface area contributed by atoms with Crippen LogP contribution in [0.2, 0.25) is 10.3 Å². The molecule has 0 N–H and O–H groups in total. The summed E-state index contributed by atoms with van der Waals surface area (Å²) in [6.45, 7) is 8.70. The minimum absolute atomic E-state index is 0.0834. The van der Waals surface area contributed by atoms with Gasteiger partial charge in [-0.2, -0.15) is 4.98 Å². The van der Waals surface area contributed by atoms with Gasteiger partial charge in [-0.25, -0.2) is 14.6 Å². The molecule has 0 saturated carbocycles. The number of carbonyl (C=O) groups is 2. The van der Waals surface area contributed by atoms with Crippen molar-refractivity contribution in [3.05, 3.63) is 45.8 Å². The fourth-order valence-corrected chi connectivity index (χ4v) is 4.71. The molecule has 33 heavy (non-hydrogen) atoms. The predicted octanol–water partition coefficient (Wildman–Crippen LogP) is 5.44. The Morgan fingerprint density at radius 1 is 1.18 bits per heavy atom. The SMILES string of the molecule is Cc1cccc(Cl)c1N1Cc2cnc(Cl)nc2N(C2CCN(C(=O)OC(C)(C)C)CC2)C1=O. The Morgan fingerprint density at radius 3 is 2.52 bits per heavy atom. The van der Waals surface area contributed by atoms with E-state index in [1.807, 2.05) is 39.8 Å². The summed E-state index contributed by atoms with van der Waals surface area (Å²) in [5.74, 6) is 0.511. The standard InChI is InChI=1S/C23H27Cl2N5O3/c1-14-6-5-7-17(24)18(14)29-13-15-12-26-20(25)27-19(15)30(21(29)31)16-8-10-28(11-9-16)22(32)33-23(2,3)4/h5-7,12,16H,8-11,13H2,1-4H3. The lowest BCUT2D eigenvalue weighted by atomic mass is 10.0. The summed E-state index contributed by atoms with van der Waals surface area (Å²) in [5.41, 5.74) is 1.79. The zero-order valence-electron chi connectivity index (χ0n) is 19.1. The van der Waals surface area contributed by atoms with Crippen LogP contribution in [0.4, 0.5) is 21.1 Å². The number of nitrogens with zero attached hydrogens (tertiary/aromatic N) is 5. The van der Waals surface area contributed by atoms with Crippen molar-refractivity contribution in [2.75, 3.05) is 22.9 Å². The Balaban J connectivity index is 1.63. The van der Waals surface area contributed by atoms with Crippen LogP contribution in [0.1, 0.15) is 44.7 Å². The maximum absolute atomic E-state index is 13.8. The van der Waals surface area contributed by atoms with E-state index in [9.17, 15) is 9.59 Å². The second-order valence-corrected chi connectivity index (χ2v) is 10.1. The van der Waals surface area contributed by atoms with Gasteiger partial charge in [0.2, 0.25) is 5.28 Å². The third-order valence-electron chi connectivity index (χ3n) is 5.75. The van der Waals surface area contributed by atoms with Gasteiger partial charge >= 0.3 is 12.1 Å². The quantitative estimate of drug-likeness (QED) is 0.522. The van der Waals surface area contributed by atoms with E-state index < -0.39 is 5.60 Å². The summed E-state index contributed by atoms with van der Waals surface area (Å²) in [4.78, 5) is 39.8. The number of para-hydroxylation sites is 1. The molecule has 1 aromatic heterocycles. The Morgan fingerprint density at radius 2 is 1.88 bits per heavy atom. The number of fused-ring (bicyclic) bond motifs is 1. The van der Waals surface area contributed by atoms with E-state index in [4.69, 9.17) is 27.9 Å². The van der Waals surface area contributed by atoms with E-state index in [1.165, 1.54) is 0 Å². The fourth-order valence-electron chi connectivity index (χ4n) is 4.26. The van der Waals surface area contributed by atoms with Crippen molar-refractivity contribution < 1.29 is 14.3 Å². The zero-order chi connectivity index (χ0) is 23.9. The number of urea groups is 1. The first-order valence-electron chi connectivity index (χ1n) is 10.9. The molecular formula is C23H27Cl2N5O3. The van der Waals surface area contributed by atoms with Crippen LogP contribution in [0.5, 0.6) is 0 Å². The monoisotopic (exact) mass is 491 g/mol. The summed E-state index contributed by atoms with van der Waals surface area (Å²) < 4.78 is 5.50. The molecule has 2 aromatic rings. The van der Waals surface area contributed by atoms with Crippen LogP contribution in [0.15, 0.2) is 24.4 Å². The Bertz CT molecular complexity index is 1060. The van der Waals surface area contributed by atoms with Crippen LogP contribution in [-0.4, -0.2) is 51.7 Å². The van der Waals surface area contributed by atoms with Crippen molar-refractivity contribution in [2.24, 2.45) is 0 Å². The summed E-state index contributed by atoms with van der Waals surface area (Å²) in [7, 11) is 0. The van der Waals surface area contributed by atoms with Crippen molar-refractivity contribution in [3.63, 3.8) is 0 Å². The molecule has 2 aliphatic rings. The van der Waals surface area contributed by atoms with E-state index in [0.29, 0.717) is 49.0 Å². The second kappa shape index (κ2) is 8.99. The van der Waals surface area contributed by atoms with Crippen LogP contribution in [-0.2, 0) is 11.3 Å². The first-order valence-corrected chi connectivity index (χ1v) is 11.7. The number of halogens is 2. The number of amides is 3. The molecule has 10 heteroatoms. The number of aromatic nitrogens is 2. The molecule has 4 rings (SSSR count). The van der Waals surface area contributed by atoms with Crippen LogP contribution in [0.25, 0.3) is 0 Å². The smallest absolute Gasteiger partial charge is 0.410 e. The molecule has 0 bridgehead atoms. The normalized spacial score (nSPS) is 17.3. The predicted molar refractivity (Wildman–Crippen MR) is 128 cm³/mol. The van der Waals surface area contributed by atoms with Crippen LogP contribution < -0.4 is 9.80 Å². The average Bonchev–Trinajstić information content (AvgIpc) is 2.73. The number of rotatable bonds is 2. The van der Waals surface area contributed by atoms with Gasteiger partial charge in [0, 0.05) is 30.9 Å². The van der Waals surface area contributed by atoms with Gasteiger partial charge in [0.1, 0.15) is 11.4 Å². The molecule has 0 spiro atoms. The first-order chi connectivity index (χ1) is 15.5. The maximum Gasteiger partial charge on any atom is 0.410 e. The molecule has 0 unspecified atom stereocenters. The number of carbonyl (C=O) groups excluding carboxylic acids is 2. The number of aryl methyl sites for hydroxylation is 1. The highest BCUT2D eigenvalue weighted by Crippen LogP contribution is 2.38. The number of piperidine rings is 1. The molecule has 0 radical (unpaired) electrons. The fraction of sp³-hybridized carbons (Fsp3) is 0.478. The van der Waals surface area contributed by atoms with Gasteiger partial charge in [-0.3, -0.25) is 9.80 Å². The molecule has 1 saturated heterocycles. The number of benzene rings is 1. The van der Waals surface area contributed by atoms with Crippen LogP contribution >= 0.6 is 23.2 Å². The molecule has 0 atom stereocenters. The van der Waals surface area contributed by atoms with Gasteiger partial charge in [0.15, 0.2) is 0 Å². The number of ether oxygens (including phenoxy) is 1. The topological polar surface area (TPSA) is 78.9 Å². The minimum Gasteiger partial charge on any atom is -0.444 e. The van der Waals surface area contributed by atoms with E-state index in [-0.39, 0.29) is 23.4 Å². The van der Waals surface area contributed by atoms with Crippen molar-refractivity contribution in [3.8, 4) is 0 Å². The van der Waals surface area contributed by atoms with Gasteiger partial charge < -0.3 is 9.64 Å². The lowest BCUT2D eigenvalue weighted by Gasteiger charge is -2.43. The number of likely N-dealkylation sites (tertiary alicyclic amines) is 1.